The molecule has 0 aromatic carbocycles. The Morgan fingerprint density at radius 1 is 1.05 bits per heavy atom. The van der Waals surface area contributed by atoms with E-state index in [2.05, 4.69) is 9.97 Å². The number of hydrogen-bond acceptors (Lipinski definition) is 3. The quantitative estimate of drug-likeness (QED) is 0.828. The molecule has 0 saturated carbocycles. The summed E-state index contributed by atoms with van der Waals surface area (Å²) >= 11 is 0. The molecule has 2 N–H and O–H groups in total. The van der Waals surface area contributed by atoms with Gasteiger partial charge in [0.2, 0.25) is 0 Å². The molecule has 0 radical (unpaired) electrons. The van der Waals surface area contributed by atoms with Crippen molar-refractivity contribution in [1.29, 1.82) is 0 Å². The number of aryl methyl sites for hydroxylation is 1. The van der Waals surface area contributed by atoms with Crippen molar-refractivity contribution in [2.75, 3.05) is 0 Å². The first kappa shape index (κ1) is 16.1. The lowest BCUT2D eigenvalue weighted by atomic mass is 10.0. The zero-order valence-corrected chi connectivity index (χ0v) is 13.6. The Bertz CT molecular complexity index is 751. The molecule has 2 rings (SSSR count). The topological polar surface area (TPSA) is 88.8 Å². The highest BCUT2D eigenvalue weighted by Gasteiger charge is 2.18. The maximum absolute atomic E-state index is 11.7. The van der Waals surface area contributed by atoms with Gasteiger partial charge in [0.1, 0.15) is 0 Å². The second kappa shape index (κ2) is 5.83. The summed E-state index contributed by atoms with van der Waals surface area (Å²) in [6.45, 7) is 9.12. The van der Waals surface area contributed by atoms with Gasteiger partial charge in [-0.2, -0.15) is 0 Å². The van der Waals surface area contributed by atoms with Gasteiger partial charge in [0.25, 0.3) is 0 Å². The smallest absolute Gasteiger partial charge is 0.161 e. The average Bonchev–Trinajstić information content (AvgIpc) is 2.87. The molecule has 118 valence electrons. The second-order valence-corrected chi connectivity index (χ2v) is 5.68. The van der Waals surface area contributed by atoms with Crippen LogP contribution >= 0.6 is 0 Å². The third kappa shape index (κ3) is 2.58. The molecular weight excluding hydrogens is 280 g/mol. The molecule has 2 heterocycles. The summed E-state index contributed by atoms with van der Waals surface area (Å²) in [5, 5.41) is 11.2. The van der Waals surface area contributed by atoms with Crippen molar-refractivity contribution in [2.24, 2.45) is 0 Å². The van der Waals surface area contributed by atoms with Crippen molar-refractivity contribution in [2.45, 2.75) is 47.5 Å². The van der Waals surface area contributed by atoms with Gasteiger partial charge >= 0.3 is 0 Å². The monoisotopic (exact) mass is 301 g/mol. The van der Waals surface area contributed by atoms with E-state index in [4.69, 9.17) is 0 Å². The molecule has 0 aliphatic carbocycles. The zero-order chi connectivity index (χ0) is 16.6. The number of rotatable bonds is 5. The van der Waals surface area contributed by atoms with Gasteiger partial charge in [-0.3, -0.25) is 4.79 Å². The van der Waals surface area contributed by atoms with Crippen LogP contribution in [-0.2, 0) is 12.8 Å². The standard InChI is InChI=1S/C17H22N2O3/c1-6-12-8(2)16(17(21)22)19-14(12)7-13-9(3)15(11(5)20)10(4)18-13/h18-19H,6-7H2,1-5H3,(H,21,22)/p-1. The Hall–Kier alpha value is -2.30. The van der Waals surface area contributed by atoms with Crippen molar-refractivity contribution >= 4 is 11.8 Å². The molecule has 22 heavy (non-hydrogen) atoms. The fourth-order valence-electron chi connectivity index (χ4n) is 3.23. The molecule has 0 spiro atoms. The number of aromatic carboxylic acids is 1. The number of carbonyl (C=O) groups excluding carboxylic acids is 2. The molecule has 2 aromatic heterocycles. The number of ketones is 1. The summed E-state index contributed by atoms with van der Waals surface area (Å²) in [5.74, 6) is -1.16. The van der Waals surface area contributed by atoms with E-state index < -0.39 is 5.97 Å². The number of aromatic amines is 2. The highest BCUT2D eigenvalue weighted by atomic mass is 16.4. The Kier molecular flexibility index (Phi) is 4.26. The second-order valence-electron chi connectivity index (χ2n) is 5.68. The van der Waals surface area contributed by atoms with Crippen LogP contribution in [0, 0.1) is 20.8 Å². The number of aromatic nitrogens is 2. The highest BCUT2D eigenvalue weighted by Crippen LogP contribution is 2.25. The summed E-state index contributed by atoms with van der Waals surface area (Å²) in [7, 11) is 0. The van der Waals surface area contributed by atoms with E-state index in [1.807, 2.05) is 20.8 Å². The van der Waals surface area contributed by atoms with Crippen LogP contribution in [0.4, 0.5) is 0 Å². The van der Waals surface area contributed by atoms with Crippen LogP contribution in [0.5, 0.6) is 0 Å². The van der Waals surface area contributed by atoms with Gasteiger partial charge in [-0.1, -0.05) is 6.92 Å². The summed E-state index contributed by atoms with van der Waals surface area (Å²) in [6.07, 6.45) is 1.28. The fraction of sp³-hybridized carbons (Fsp3) is 0.412. The largest absolute Gasteiger partial charge is 0.543 e. The van der Waals surface area contributed by atoms with E-state index in [1.165, 1.54) is 0 Å². The SMILES string of the molecule is CCc1c(Cc2[nH]c(C)c(C(C)=O)c2C)[nH]c(C(=O)[O-])c1C. The Morgan fingerprint density at radius 3 is 2.14 bits per heavy atom. The van der Waals surface area contributed by atoms with Crippen molar-refractivity contribution in [3.63, 3.8) is 0 Å². The van der Waals surface area contributed by atoms with Crippen molar-refractivity contribution in [3.8, 4) is 0 Å². The van der Waals surface area contributed by atoms with E-state index in [1.54, 1.807) is 13.8 Å². The van der Waals surface area contributed by atoms with Crippen molar-refractivity contribution < 1.29 is 14.7 Å². The van der Waals surface area contributed by atoms with Gasteiger partial charge in [-0.25, -0.2) is 0 Å². The molecule has 0 amide bonds. The molecule has 0 aliphatic rings. The Morgan fingerprint density at radius 2 is 1.68 bits per heavy atom. The molecule has 2 aromatic rings. The normalized spacial score (nSPS) is 11.0. The summed E-state index contributed by atoms with van der Waals surface area (Å²) < 4.78 is 0. The lowest BCUT2D eigenvalue weighted by Gasteiger charge is -2.03. The Balaban J connectivity index is 2.48. The first-order valence-electron chi connectivity index (χ1n) is 7.38. The van der Waals surface area contributed by atoms with Crippen LogP contribution in [0.3, 0.4) is 0 Å². The van der Waals surface area contributed by atoms with Gasteiger partial charge in [-0.05, 0) is 50.8 Å². The average molecular weight is 301 g/mol. The molecule has 5 heteroatoms. The van der Waals surface area contributed by atoms with Crippen LogP contribution < -0.4 is 5.11 Å². The highest BCUT2D eigenvalue weighted by molar-refractivity contribution is 5.97. The number of carboxylic acid groups (broad SMARTS) is 1. The van der Waals surface area contributed by atoms with Crippen LogP contribution in [-0.4, -0.2) is 21.7 Å². The molecule has 0 atom stereocenters. The number of nitrogens with one attached hydrogen (secondary N) is 2. The van der Waals surface area contributed by atoms with E-state index >= 15 is 0 Å². The number of carboxylic acids is 1. The van der Waals surface area contributed by atoms with Crippen molar-refractivity contribution in [3.05, 3.63) is 45.0 Å². The molecule has 0 aliphatic heterocycles. The lowest BCUT2D eigenvalue weighted by molar-refractivity contribution is -0.255. The molecule has 0 unspecified atom stereocenters. The lowest BCUT2D eigenvalue weighted by Crippen LogP contribution is -2.23. The maximum Gasteiger partial charge on any atom is 0.161 e. The van der Waals surface area contributed by atoms with Crippen LogP contribution in [0.1, 0.15) is 68.5 Å². The van der Waals surface area contributed by atoms with Gasteiger partial charge in [0, 0.05) is 29.1 Å². The number of hydrogen-bond donors (Lipinski definition) is 2. The summed E-state index contributed by atoms with van der Waals surface area (Å²) in [6, 6.07) is 0. The molecule has 5 nitrogen and oxygen atoms in total. The summed E-state index contributed by atoms with van der Waals surface area (Å²) in [4.78, 5) is 29.1. The van der Waals surface area contributed by atoms with Crippen LogP contribution in [0.2, 0.25) is 0 Å². The molecule has 0 fully saturated rings. The molecular formula is C17H21N2O3-. The molecule has 0 saturated heterocycles. The van der Waals surface area contributed by atoms with Gasteiger partial charge < -0.3 is 19.9 Å². The summed E-state index contributed by atoms with van der Waals surface area (Å²) in [5.41, 5.74) is 6.15. The third-order valence-corrected chi connectivity index (χ3v) is 4.27. The van der Waals surface area contributed by atoms with Gasteiger partial charge in [0.05, 0.1) is 11.7 Å². The molecule has 0 bridgehead atoms. The Labute approximate surface area is 129 Å². The van der Waals surface area contributed by atoms with E-state index in [0.717, 1.165) is 45.8 Å². The zero-order valence-electron chi connectivity index (χ0n) is 13.6. The van der Waals surface area contributed by atoms with Crippen molar-refractivity contribution in [1.82, 2.24) is 9.97 Å². The van der Waals surface area contributed by atoms with Crippen LogP contribution in [0.15, 0.2) is 0 Å². The minimum Gasteiger partial charge on any atom is -0.543 e. The van der Waals surface area contributed by atoms with E-state index in [0.29, 0.717) is 6.42 Å². The van der Waals surface area contributed by atoms with E-state index in [-0.39, 0.29) is 11.5 Å². The predicted molar refractivity (Wildman–Crippen MR) is 82.3 cm³/mol. The first-order chi connectivity index (χ1) is 10.3. The number of Topliss-reactive ketones (excluding diaryl/α,β-unsaturated/α-hetero) is 1. The minimum absolute atomic E-state index is 0.0336. The first-order valence-corrected chi connectivity index (χ1v) is 7.38. The van der Waals surface area contributed by atoms with Gasteiger partial charge in [0.15, 0.2) is 5.78 Å². The minimum atomic E-state index is -1.19. The number of carbonyl (C=O) groups is 2. The fourth-order valence-corrected chi connectivity index (χ4v) is 3.23. The van der Waals surface area contributed by atoms with Crippen LogP contribution in [0.25, 0.3) is 0 Å². The van der Waals surface area contributed by atoms with Gasteiger partial charge in [-0.15, -0.1) is 0 Å². The predicted octanol–water partition coefficient (Wildman–Crippen LogP) is 1.99. The maximum atomic E-state index is 11.7. The van der Waals surface area contributed by atoms with E-state index in [9.17, 15) is 14.7 Å². The number of H-pyrrole nitrogens is 2. The third-order valence-electron chi connectivity index (χ3n) is 4.27.